The summed E-state index contributed by atoms with van der Waals surface area (Å²) in [7, 11) is 1.64. The van der Waals surface area contributed by atoms with Gasteiger partial charge in [-0.3, -0.25) is 9.59 Å². The minimum atomic E-state index is -0.783. The maximum absolute atomic E-state index is 13.5. The van der Waals surface area contributed by atoms with Crippen LogP contribution in [0.5, 0.6) is 5.75 Å². The maximum Gasteiger partial charge on any atom is 0.303 e. The fourth-order valence-electron chi connectivity index (χ4n) is 3.98. The van der Waals surface area contributed by atoms with Crippen molar-refractivity contribution < 1.29 is 19.4 Å². The normalized spacial score (nSPS) is 14.2. The molecule has 5 nitrogen and oxygen atoms in total. The van der Waals surface area contributed by atoms with Gasteiger partial charge in [-0.25, -0.2) is 0 Å². The first kappa shape index (κ1) is 21.9. The summed E-state index contributed by atoms with van der Waals surface area (Å²) in [6, 6.07) is 18.1. The first-order valence-electron chi connectivity index (χ1n) is 10.7. The Kier molecular flexibility index (Phi) is 7.50. The SMILES string of the molecule is COc1ccc(C2(C(=O)N(CCCCC(=O)O)CCCc3ccccc3)CC2)cc1. The Morgan fingerprint density at radius 3 is 2.23 bits per heavy atom. The van der Waals surface area contributed by atoms with E-state index in [1.807, 2.05) is 47.4 Å². The lowest BCUT2D eigenvalue weighted by atomic mass is 9.93. The highest BCUT2D eigenvalue weighted by Crippen LogP contribution is 2.50. The molecule has 1 fully saturated rings. The molecule has 0 saturated heterocycles. The van der Waals surface area contributed by atoms with E-state index in [2.05, 4.69) is 12.1 Å². The monoisotopic (exact) mass is 409 g/mol. The van der Waals surface area contributed by atoms with Gasteiger partial charge in [-0.2, -0.15) is 0 Å². The van der Waals surface area contributed by atoms with Crippen LogP contribution in [0.3, 0.4) is 0 Å². The summed E-state index contributed by atoms with van der Waals surface area (Å²) in [5, 5.41) is 8.90. The molecule has 0 spiro atoms. The van der Waals surface area contributed by atoms with Crippen molar-refractivity contribution >= 4 is 11.9 Å². The maximum atomic E-state index is 13.5. The molecule has 5 heteroatoms. The highest BCUT2D eigenvalue weighted by atomic mass is 16.5. The molecule has 0 heterocycles. The lowest BCUT2D eigenvalue weighted by Crippen LogP contribution is -2.40. The van der Waals surface area contributed by atoms with Crippen LogP contribution in [0.4, 0.5) is 0 Å². The molecule has 0 radical (unpaired) electrons. The molecule has 1 saturated carbocycles. The van der Waals surface area contributed by atoms with Gasteiger partial charge >= 0.3 is 5.97 Å². The molecular formula is C25H31NO4. The molecule has 1 aliphatic carbocycles. The predicted octanol–water partition coefficient (Wildman–Crippen LogP) is 4.44. The average molecular weight is 410 g/mol. The van der Waals surface area contributed by atoms with Gasteiger partial charge in [-0.1, -0.05) is 42.5 Å². The molecule has 0 aromatic heterocycles. The van der Waals surface area contributed by atoms with Crippen molar-refractivity contribution in [3.05, 3.63) is 65.7 Å². The van der Waals surface area contributed by atoms with E-state index in [1.165, 1.54) is 5.56 Å². The highest BCUT2D eigenvalue weighted by Gasteiger charge is 2.52. The van der Waals surface area contributed by atoms with E-state index < -0.39 is 11.4 Å². The third kappa shape index (κ3) is 5.62. The Labute approximate surface area is 178 Å². The van der Waals surface area contributed by atoms with Crippen LogP contribution in [0, 0.1) is 0 Å². The number of amides is 1. The van der Waals surface area contributed by atoms with Crippen molar-refractivity contribution in [2.24, 2.45) is 0 Å². The minimum Gasteiger partial charge on any atom is -0.497 e. The molecule has 30 heavy (non-hydrogen) atoms. The number of carbonyl (C=O) groups excluding carboxylic acids is 1. The van der Waals surface area contributed by atoms with Gasteiger partial charge in [-0.15, -0.1) is 0 Å². The first-order chi connectivity index (χ1) is 14.5. The zero-order chi connectivity index (χ0) is 21.4. The third-order valence-electron chi connectivity index (χ3n) is 5.89. The fourth-order valence-corrected chi connectivity index (χ4v) is 3.98. The molecule has 0 atom stereocenters. The van der Waals surface area contributed by atoms with Crippen molar-refractivity contribution in [1.29, 1.82) is 0 Å². The minimum absolute atomic E-state index is 0.148. The number of carboxylic acid groups (broad SMARTS) is 1. The number of carboxylic acids is 1. The van der Waals surface area contributed by atoms with Gasteiger partial charge in [0.05, 0.1) is 12.5 Å². The number of carbonyl (C=O) groups is 2. The van der Waals surface area contributed by atoms with E-state index >= 15 is 0 Å². The van der Waals surface area contributed by atoms with Crippen LogP contribution in [-0.4, -0.2) is 42.1 Å². The number of hydrogen-bond donors (Lipinski definition) is 1. The summed E-state index contributed by atoms with van der Waals surface area (Å²) in [6.07, 6.45) is 5.00. The Morgan fingerprint density at radius 1 is 0.967 bits per heavy atom. The standard InChI is InChI=1S/C25H31NO4/c1-30-22-14-12-21(13-15-22)25(16-17-25)24(29)26(18-6-5-11-23(27)28)19-7-10-20-8-3-2-4-9-20/h2-4,8-9,12-15H,5-7,10-11,16-19H2,1H3,(H,27,28). The van der Waals surface area contributed by atoms with Crippen LogP contribution in [0.2, 0.25) is 0 Å². The van der Waals surface area contributed by atoms with E-state index in [4.69, 9.17) is 9.84 Å². The first-order valence-corrected chi connectivity index (χ1v) is 10.7. The van der Waals surface area contributed by atoms with E-state index in [0.717, 1.165) is 37.0 Å². The molecule has 1 aliphatic rings. The summed E-state index contributed by atoms with van der Waals surface area (Å²) in [5.41, 5.74) is 1.89. The van der Waals surface area contributed by atoms with E-state index in [-0.39, 0.29) is 12.3 Å². The summed E-state index contributed by atoms with van der Waals surface area (Å²) < 4.78 is 5.25. The van der Waals surface area contributed by atoms with Crippen LogP contribution >= 0.6 is 0 Å². The van der Waals surface area contributed by atoms with E-state index in [0.29, 0.717) is 25.9 Å². The Bertz CT molecular complexity index is 828. The number of hydrogen-bond acceptors (Lipinski definition) is 3. The predicted molar refractivity (Wildman–Crippen MR) is 117 cm³/mol. The number of aryl methyl sites for hydroxylation is 1. The number of nitrogens with zero attached hydrogens (tertiary/aromatic N) is 1. The fraction of sp³-hybridized carbons (Fsp3) is 0.440. The summed E-state index contributed by atoms with van der Waals surface area (Å²) in [6.45, 7) is 1.30. The van der Waals surface area contributed by atoms with Crippen molar-refractivity contribution in [3.8, 4) is 5.75 Å². The molecule has 2 aromatic rings. The second-order valence-electron chi connectivity index (χ2n) is 8.04. The summed E-state index contributed by atoms with van der Waals surface area (Å²) in [4.78, 5) is 26.3. The van der Waals surface area contributed by atoms with E-state index in [9.17, 15) is 9.59 Å². The van der Waals surface area contributed by atoms with Crippen molar-refractivity contribution in [3.63, 3.8) is 0 Å². The zero-order valence-corrected chi connectivity index (χ0v) is 17.7. The second-order valence-corrected chi connectivity index (χ2v) is 8.04. The van der Waals surface area contributed by atoms with Gasteiger partial charge in [-0.05, 0) is 61.8 Å². The van der Waals surface area contributed by atoms with Gasteiger partial charge < -0.3 is 14.7 Å². The smallest absolute Gasteiger partial charge is 0.303 e. The highest BCUT2D eigenvalue weighted by molar-refractivity contribution is 5.91. The Balaban J connectivity index is 1.65. The molecule has 0 bridgehead atoms. The van der Waals surface area contributed by atoms with Crippen molar-refractivity contribution in [2.75, 3.05) is 20.2 Å². The molecule has 3 rings (SSSR count). The van der Waals surface area contributed by atoms with Gasteiger partial charge in [0.15, 0.2) is 0 Å². The van der Waals surface area contributed by atoms with Crippen molar-refractivity contribution in [1.82, 2.24) is 4.90 Å². The molecular weight excluding hydrogens is 378 g/mol. The van der Waals surface area contributed by atoms with Crippen LogP contribution in [0.15, 0.2) is 54.6 Å². The van der Waals surface area contributed by atoms with Gasteiger partial charge in [0.2, 0.25) is 5.91 Å². The Morgan fingerprint density at radius 2 is 1.63 bits per heavy atom. The second kappa shape index (κ2) is 10.3. The number of rotatable bonds is 12. The zero-order valence-electron chi connectivity index (χ0n) is 17.7. The third-order valence-corrected chi connectivity index (χ3v) is 5.89. The van der Waals surface area contributed by atoms with Gasteiger partial charge in [0, 0.05) is 19.5 Å². The largest absolute Gasteiger partial charge is 0.497 e. The van der Waals surface area contributed by atoms with Gasteiger partial charge in [0.1, 0.15) is 5.75 Å². The van der Waals surface area contributed by atoms with Crippen LogP contribution < -0.4 is 4.74 Å². The molecule has 0 aliphatic heterocycles. The van der Waals surface area contributed by atoms with Crippen LogP contribution in [0.25, 0.3) is 0 Å². The Hall–Kier alpha value is -2.82. The molecule has 0 unspecified atom stereocenters. The molecule has 2 aromatic carbocycles. The summed E-state index contributed by atoms with van der Waals surface area (Å²) in [5.74, 6) is 0.181. The van der Waals surface area contributed by atoms with Crippen LogP contribution in [0.1, 0.15) is 49.7 Å². The van der Waals surface area contributed by atoms with Crippen LogP contribution in [-0.2, 0) is 21.4 Å². The summed E-state index contributed by atoms with van der Waals surface area (Å²) >= 11 is 0. The lowest BCUT2D eigenvalue weighted by molar-refractivity contribution is -0.137. The van der Waals surface area contributed by atoms with Gasteiger partial charge in [0.25, 0.3) is 0 Å². The number of unbranched alkanes of at least 4 members (excludes halogenated alkanes) is 1. The van der Waals surface area contributed by atoms with E-state index in [1.54, 1.807) is 7.11 Å². The molecule has 1 N–H and O–H groups in total. The number of methoxy groups -OCH3 is 1. The number of aliphatic carboxylic acids is 1. The molecule has 1 amide bonds. The van der Waals surface area contributed by atoms with Crippen molar-refractivity contribution in [2.45, 2.75) is 50.4 Å². The quantitative estimate of drug-likeness (QED) is 0.526. The molecule has 160 valence electrons. The average Bonchev–Trinajstić information content (AvgIpc) is 3.57. The lowest BCUT2D eigenvalue weighted by Gasteiger charge is -2.28. The number of ether oxygens (including phenoxy) is 1. The number of benzene rings is 2. The topological polar surface area (TPSA) is 66.8 Å².